The number of hydrogen-bond acceptors (Lipinski definition) is 2. The van der Waals surface area contributed by atoms with E-state index in [-0.39, 0.29) is 10.7 Å². The van der Waals surface area contributed by atoms with Crippen molar-refractivity contribution in [3.05, 3.63) is 53.1 Å². The zero-order valence-electron chi connectivity index (χ0n) is 13.7. The number of carbonyl (C=O) groups excluding carboxylic acids is 1. The molecule has 2 aromatic carbocycles. The van der Waals surface area contributed by atoms with Crippen LogP contribution < -0.4 is 15.5 Å². The number of halogens is 4. The van der Waals surface area contributed by atoms with E-state index in [0.717, 1.165) is 43.8 Å². The van der Waals surface area contributed by atoms with Crippen molar-refractivity contribution in [3.8, 4) is 0 Å². The van der Waals surface area contributed by atoms with Crippen LogP contribution in [0, 0.1) is 0 Å². The number of nitrogens with one attached hydrogen (secondary N) is 2. The van der Waals surface area contributed by atoms with Crippen molar-refractivity contribution in [2.75, 3.05) is 28.6 Å². The highest BCUT2D eigenvalue weighted by Gasteiger charge is 2.34. The zero-order chi connectivity index (χ0) is 18.7. The van der Waals surface area contributed by atoms with E-state index < -0.39 is 17.8 Å². The van der Waals surface area contributed by atoms with Crippen LogP contribution in [0.15, 0.2) is 42.5 Å². The van der Waals surface area contributed by atoms with E-state index in [1.165, 1.54) is 6.07 Å². The third-order valence-corrected chi connectivity index (χ3v) is 4.37. The SMILES string of the molecule is O=C(Nc1ccc(N2CCCC2)cc1)Nc1ccc(Cl)cc1C(F)(F)F. The van der Waals surface area contributed by atoms with Gasteiger partial charge in [-0.25, -0.2) is 4.79 Å². The largest absolute Gasteiger partial charge is 0.418 e. The maximum absolute atomic E-state index is 13.1. The van der Waals surface area contributed by atoms with Gasteiger partial charge in [-0.1, -0.05) is 11.6 Å². The molecule has 2 amide bonds. The number of hydrogen-bond donors (Lipinski definition) is 2. The minimum Gasteiger partial charge on any atom is -0.372 e. The van der Waals surface area contributed by atoms with Crippen LogP contribution in [0.5, 0.6) is 0 Å². The monoisotopic (exact) mass is 383 g/mol. The number of nitrogens with zero attached hydrogens (tertiary/aromatic N) is 1. The predicted octanol–water partition coefficient (Wildman–Crippen LogP) is 5.60. The first-order valence-corrected chi connectivity index (χ1v) is 8.50. The maximum Gasteiger partial charge on any atom is 0.418 e. The first-order valence-electron chi connectivity index (χ1n) is 8.13. The van der Waals surface area contributed by atoms with Crippen LogP contribution in [0.25, 0.3) is 0 Å². The van der Waals surface area contributed by atoms with Crippen molar-refractivity contribution in [1.82, 2.24) is 0 Å². The Morgan fingerprint density at radius 2 is 1.65 bits per heavy atom. The van der Waals surface area contributed by atoms with Crippen molar-refractivity contribution in [2.24, 2.45) is 0 Å². The Hall–Kier alpha value is -2.41. The van der Waals surface area contributed by atoms with Gasteiger partial charge in [0, 0.05) is 29.5 Å². The maximum atomic E-state index is 13.1. The second kappa shape index (κ2) is 7.45. The predicted molar refractivity (Wildman–Crippen MR) is 97.0 cm³/mol. The lowest BCUT2D eigenvalue weighted by molar-refractivity contribution is -0.136. The molecule has 138 valence electrons. The number of amides is 2. The summed E-state index contributed by atoms with van der Waals surface area (Å²) in [5.41, 5.74) is 0.205. The first kappa shape index (κ1) is 18.4. The second-order valence-electron chi connectivity index (χ2n) is 6.01. The molecule has 8 heteroatoms. The van der Waals surface area contributed by atoms with Crippen LogP contribution in [0.4, 0.5) is 35.0 Å². The molecule has 0 radical (unpaired) electrons. The zero-order valence-corrected chi connectivity index (χ0v) is 14.5. The lowest BCUT2D eigenvalue weighted by Gasteiger charge is -2.18. The molecule has 0 atom stereocenters. The summed E-state index contributed by atoms with van der Waals surface area (Å²) in [5.74, 6) is 0. The summed E-state index contributed by atoms with van der Waals surface area (Å²) in [5, 5.41) is 4.70. The van der Waals surface area contributed by atoms with Crippen LogP contribution in [-0.2, 0) is 6.18 Å². The van der Waals surface area contributed by atoms with Gasteiger partial charge in [-0.15, -0.1) is 0 Å². The third kappa shape index (κ3) is 4.40. The Bertz CT molecular complexity index is 787. The molecule has 1 fully saturated rings. The van der Waals surface area contributed by atoms with Gasteiger partial charge in [0.1, 0.15) is 0 Å². The van der Waals surface area contributed by atoms with Gasteiger partial charge >= 0.3 is 12.2 Å². The molecule has 0 saturated carbocycles. The molecule has 26 heavy (non-hydrogen) atoms. The molecule has 0 bridgehead atoms. The van der Waals surface area contributed by atoms with Crippen molar-refractivity contribution in [3.63, 3.8) is 0 Å². The van der Waals surface area contributed by atoms with E-state index in [2.05, 4.69) is 15.5 Å². The first-order chi connectivity index (χ1) is 12.3. The van der Waals surface area contributed by atoms with E-state index in [0.29, 0.717) is 5.69 Å². The van der Waals surface area contributed by atoms with Gasteiger partial charge in [0.25, 0.3) is 0 Å². The van der Waals surface area contributed by atoms with E-state index in [4.69, 9.17) is 11.6 Å². The van der Waals surface area contributed by atoms with Gasteiger partial charge in [0.05, 0.1) is 11.3 Å². The molecule has 1 aliphatic rings. The molecule has 3 rings (SSSR count). The Labute approximate surface area is 153 Å². The lowest BCUT2D eigenvalue weighted by Crippen LogP contribution is -2.22. The minimum atomic E-state index is -4.62. The lowest BCUT2D eigenvalue weighted by atomic mass is 10.1. The van der Waals surface area contributed by atoms with E-state index in [9.17, 15) is 18.0 Å². The fourth-order valence-corrected chi connectivity index (χ4v) is 3.05. The normalized spacial score (nSPS) is 14.4. The summed E-state index contributed by atoms with van der Waals surface area (Å²) < 4.78 is 39.2. The highest BCUT2D eigenvalue weighted by molar-refractivity contribution is 6.30. The van der Waals surface area contributed by atoms with Gasteiger partial charge in [0.15, 0.2) is 0 Å². The average Bonchev–Trinajstić information content (AvgIpc) is 3.11. The molecule has 2 aromatic rings. The molecule has 1 saturated heterocycles. The summed E-state index contributed by atoms with van der Waals surface area (Å²) in [6.07, 6.45) is -2.30. The number of benzene rings is 2. The van der Waals surface area contributed by atoms with Crippen molar-refractivity contribution in [1.29, 1.82) is 0 Å². The molecule has 2 N–H and O–H groups in total. The van der Waals surface area contributed by atoms with Gasteiger partial charge in [0.2, 0.25) is 0 Å². The second-order valence-corrected chi connectivity index (χ2v) is 6.44. The third-order valence-electron chi connectivity index (χ3n) is 4.13. The van der Waals surface area contributed by atoms with Crippen molar-refractivity contribution in [2.45, 2.75) is 19.0 Å². The van der Waals surface area contributed by atoms with Crippen LogP contribution in [0.2, 0.25) is 5.02 Å². The molecular formula is C18H17ClF3N3O. The van der Waals surface area contributed by atoms with Crippen molar-refractivity contribution >= 4 is 34.7 Å². The summed E-state index contributed by atoms with van der Waals surface area (Å²) >= 11 is 5.63. The van der Waals surface area contributed by atoms with Crippen molar-refractivity contribution < 1.29 is 18.0 Å². The summed E-state index contributed by atoms with van der Waals surface area (Å²) in [6.45, 7) is 2.01. The standard InChI is InChI=1S/C18H17ClF3N3O/c19-12-3-8-16(15(11-12)18(20,21)22)24-17(26)23-13-4-6-14(7-5-13)25-9-1-2-10-25/h3-8,11H,1-2,9-10H2,(H2,23,24,26). The highest BCUT2D eigenvalue weighted by atomic mass is 35.5. The average molecular weight is 384 g/mol. The highest BCUT2D eigenvalue weighted by Crippen LogP contribution is 2.36. The van der Waals surface area contributed by atoms with Gasteiger partial charge in [-0.05, 0) is 55.3 Å². The summed E-state index contributed by atoms with van der Waals surface area (Å²) in [4.78, 5) is 14.3. The van der Waals surface area contributed by atoms with E-state index >= 15 is 0 Å². The molecule has 0 aromatic heterocycles. The Kier molecular flexibility index (Phi) is 5.27. The molecule has 4 nitrogen and oxygen atoms in total. The van der Waals surface area contributed by atoms with Gasteiger partial charge in [-0.2, -0.15) is 13.2 Å². The molecule has 0 unspecified atom stereocenters. The smallest absolute Gasteiger partial charge is 0.372 e. The molecule has 0 aliphatic carbocycles. The molecule has 1 heterocycles. The fraction of sp³-hybridized carbons (Fsp3) is 0.278. The summed E-state index contributed by atoms with van der Waals surface area (Å²) in [7, 11) is 0. The topological polar surface area (TPSA) is 44.4 Å². The van der Waals surface area contributed by atoms with Gasteiger partial charge < -0.3 is 15.5 Å². The molecule has 0 spiro atoms. The van der Waals surface area contributed by atoms with Crippen LogP contribution in [0.3, 0.4) is 0 Å². The fourth-order valence-electron chi connectivity index (χ4n) is 2.88. The Balaban J connectivity index is 1.67. The molecular weight excluding hydrogens is 367 g/mol. The summed E-state index contributed by atoms with van der Waals surface area (Å²) in [6, 6.07) is 9.64. The number of urea groups is 1. The van der Waals surface area contributed by atoms with Crippen LogP contribution >= 0.6 is 11.6 Å². The van der Waals surface area contributed by atoms with E-state index in [1.54, 1.807) is 12.1 Å². The number of carbonyl (C=O) groups is 1. The van der Waals surface area contributed by atoms with Crippen LogP contribution in [0.1, 0.15) is 18.4 Å². The molecule has 1 aliphatic heterocycles. The van der Waals surface area contributed by atoms with E-state index in [1.807, 2.05) is 12.1 Å². The number of rotatable bonds is 3. The van der Waals surface area contributed by atoms with Crippen LogP contribution in [-0.4, -0.2) is 19.1 Å². The minimum absolute atomic E-state index is 0.0548. The van der Waals surface area contributed by atoms with Gasteiger partial charge in [-0.3, -0.25) is 0 Å². The number of anilines is 3. The Morgan fingerprint density at radius 3 is 2.27 bits per heavy atom. The Morgan fingerprint density at radius 1 is 1.00 bits per heavy atom. The quantitative estimate of drug-likeness (QED) is 0.724. The number of alkyl halides is 3.